The summed E-state index contributed by atoms with van der Waals surface area (Å²) >= 11 is 0. The van der Waals surface area contributed by atoms with Crippen molar-refractivity contribution in [2.45, 2.75) is 52.5 Å². The summed E-state index contributed by atoms with van der Waals surface area (Å²) in [5, 5.41) is 5.80. The zero-order chi connectivity index (χ0) is 19.0. The molecule has 2 atom stereocenters. The molecule has 1 amide bonds. The van der Waals surface area contributed by atoms with Crippen molar-refractivity contribution in [2.75, 3.05) is 13.1 Å². The summed E-state index contributed by atoms with van der Waals surface area (Å²) in [7, 11) is 0. The molecular formula is C22H29N3O2. The van der Waals surface area contributed by atoms with E-state index in [0.29, 0.717) is 28.9 Å². The van der Waals surface area contributed by atoms with Crippen molar-refractivity contribution < 1.29 is 4.79 Å². The van der Waals surface area contributed by atoms with Crippen LogP contribution in [0.1, 0.15) is 56.4 Å². The second-order valence-electron chi connectivity index (χ2n) is 8.62. The van der Waals surface area contributed by atoms with Gasteiger partial charge in [-0.3, -0.25) is 9.59 Å². The lowest BCUT2D eigenvalue weighted by molar-refractivity contribution is 0.0515. The molecule has 0 bridgehead atoms. The molecule has 5 nitrogen and oxygen atoms in total. The Morgan fingerprint density at radius 1 is 1.11 bits per heavy atom. The number of hydrogen-bond acceptors (Lipinski definition) is 3. The number of fused-ring (bicyclic) bond motifs is 2. The monoisotopic (exact) mass is 367 g/mol. The van der Waals surface area contributed by atoms with Gasteiger partial charge in [-0.2, -0.15) is 5.10 Å². The van der Waals surface area contributed by atoms with Gasteiger partial charge in [0.25, 0.3) is 11.5 Å². The number of hydrogen-bond donors (Lipinski definition) is 0. The zero-order valence-corrected chi connectivity index (χ0v) is 16.4. The molecule has 1 aromatic heterocycles. The number of amides is 1. The van der Waals surface area contributed by atoms with Gasteiger partial charge in [-0.15, -0.1) is 0 Å². The number of carbonyl (C=O) groups excluding carboxylic acids is 1. The molecule has 0 radical (unpaired) electrons. The van der Waals surface area contributed by atoms with Gasteiger partial charge < -0.3 is 4.90 Å². The third-order valence-electron chi connectivity index (χ3n) is 6.19. The minimum absolute atomic E-state index is 0.0206. The summed E-state index contributed by atoms with van der Waals surface area (Å²) in [5.74, 6) is 1.68. The topological polar surface area (TPSA) is 55.2 Å². The Kier molecular flexibility index (Phi) is 5.02. The second-order valence-corrected chi connectivity index (χ2v) is 8.62. The maximum absolute atomic E-state index is 13.4. The van der Waals surface area contributed by atoms with Crippen molar-refractivity contribution in [2.24, 2.45) is 17.8 Å². The predicted octanol–water partition coefficient (Wildman–Crippen LogP) is 3.70. The van der Waals surface area contributed by atoms with E-state index in [1.54, 1.807) is 6.07 Å². The summed E-state index contributed by atoms with van der Waals surface area (Å²) < 4.78 is 1.48. The minimum Gasteiger partial charge on any atom is -0.337 e. The van der Waals surface area contributed by atoms with Gasteiger partial charge in [-0.05, 0) is 36.7 Å². The highest BCUT2D eigenvalue weighted by molar-refractivity contribution is 6.04. The van der Waals surface area contributed by atoms with Crippen LogP contribution in [0.2, 0.25) is 0 Å². The minimum atomic E-state index is -0.109. The van der Waals surface area contributed by atoms with Crippen LogP contribution in [0.3, 0.4) is 0 Å². The van der Waals surface area contributed by atoms with E-state index in [9.17, 15) is 9.59 Å². The van der Waals surface area contributed by atoms with Crippen LogP contribution in [0.25, 0.3) is 10.8 Å². The Balaban J connectivity index is 1.70. The van der Waals surface area contributed by atoms with E-state index in [4.69, 9.17) is 0 Å². The first-order valence-electron chi connectivity index (χ1n) is 10.3. The first-order chi connectivity index (χ1) is 13.0. The summed E-state index contributed by atoms with van der Waals surface area (Å²) in [6.45, 7) is 6.27. The molecule has 5 heteroatoms. The van der Waals surface area contributed by atoms with Crippen LogP contribution in [-0.2, 0) is 6.54 Å². The average Bonchev–Trinajstić information content (AvgIpc) is 2.69. The lowest BCUT2D eigenvalue weighted by Gasteiger charge is -2.41. The van der Waals surface area contributed by atoms with E-state index in [1.165, 1.54) is 30.4 Å². The van der Waals surface area contributed by atoms with Crippen LogP contribution < -0.4 is 5.56 Å². The highest BCUT2D eigenvalue weighted by Crippen LogP contribution is 2.36. The molecule has 1 aromatic carbocycles. The maximum Gasteiger partial charge on any atom is 0.274 e. The van der Waals surface area contributed by atoms with Gasteiger partial charge in [-0.1, -0.05) is 51.3 Å². The highest BCUT2D eigenvalue weighted by Gasteiger charge is 2.34. The van der Waals surface area contributed by atoms with Crippen molar-refractivity contribution in [3.05, 3.63) is 40.3 Å². The smallest absolute Gasteiger partial charge is 0.274 e. The standard InChI is InChI=1S/C22H29N3O2/c1-15(2)13-25-21(26)19-10-6-5-9-18(19)20(23-25)22(27)24-12-11-16-7-3-4-8-17(16)14-24/h5-6,9-10,15-17H,3-4,7-8,11-14H2,1-2H3/t16-,17+/m1/s1. The van der Waals surface area contributed by atoms with Gasteiger partial charge in [0.2, 0.25) is 0 Å². The molecule has 1 saturated heterocycles. The number of benzene rings is 1. The van der Waals surface area contributed by atoms with Crippen LogP contribution >= 0.6 is 0 Å². The molecule has 1 aliphatic heterocycles. The molecule has 1 saturated carbocycles. The molecule has 2 aromatic rings. The second kappa shape index (κ2) is 7.45. The van der Waals surface area contributed by atoms with Gasteiger partial charge in [-0.25, -0.2) is 4.68 Å². The van der Waals surface area contributed by atoms with Crippen molar-refractivity contribution in [3.63, 3.8) is 0 Å². The normalized spacial score (nSPS) is 22.9. The summed E-state index contributed by atoms with van der Waals surface area (Å²) in [6, 6.07) is 7.38. The third kappa shape index (κ3) is 3.52. The third-order valence-corrected chi connectivity index (χ3v) is 6.19. The molecule has 144 valence electrons. The van der Waals surface area contributed by atoms with Crippen molar-refractivity contribution in [1.29, 1.82) is 0 Å². The molecule has 4 rings (SSSR count). The molecule has 0 unspecified atom stereocenters. The number of aromatic nitrogens is 2. The number of nitrogens with zero attached hydrogens (tertiary/aromatic N) is 3. The zero-order valence-electron chi connectivity index (χ0n) is 16.4. The first kappa shape index (κ1) is 18.2. The largest absolute Gasteiger partial charge is 0.337 e. The van der Waals surface area contributed by atoms with E-state index in [0.717, 1.165) is 25.4 Å². The Morgan fingerprint density at radius 3 is 2.56 bits per heavy atom. The first-order valence-corrected chi connectivity index (χ1v) is 10.3. The molecule has 0 spiro atoms. The fourth-order valence-corrected chi connectivity index (χ4v) is 4.80. The molecular weight excluding hydrogens is 338 g/mol. The van der Waals surface area contributed by atoms with Gasteiger partial charge in [0.1, 0.15) is 0 Å². The molecule has 2 fully saturated rings. The maximum atomic E-state index is 13.4. The average molecular weight is 367 g/mol. The van der Waals surface area contributed by atoms with Gasteiger partial charge in [0.05, 0.1) is 5.39 Å². The van der Waals surface area contributed by atoms with Crippen LogP contribution in [0.5, 0.6) is 0 Å². The van der Waals surface area contributed by atoms with E-state index in [-0.39, 0.29) is 17.4 Å². The Hall–Kier alpha value is -2.17. The number of rotatable bonds is 3. The van der Waals surface area contributed by atoms with Crippen LogP contribution in [-0.4, -0.2) is 33.7 Å². The summed E-state index contributed by atoms with van der Waals surface area (Å²) in [4.78, 5) is 28.1. The fraction of sp³-hybridized carbons (Fsp3) is 0.591. The lowest BCUT2D eigenvalue weighted by Crippen LogP contribution is -2.45. The van der Waals surface area contributed by atoms with E-state index in [1.807, 2.05) is 23.1 Å². The van der Waals surface area contributed by atoms with Crippen molar-refractivity contribution in [3.8, 4) is 0 Å². The molecule has 2 aliphatic rings. The highest BCUT2D eigenvalue weighted by atomic mass is 16.2. The number of carbonyl (C=O) groups is 1. The molecule has 2 heterocycles. The summed E-state index contributed by atoms with van der Waals surface area (Å²) in [6.07, 6.45) is 6.26. The van der Waals surface area contributed by atoms with E-state index in [2.05, 4.69) is 18.9 Å². The lowest BCUT2D eigenvalue weighted by atomic mass is 9.75. The molecule has 27 heavy (non-hydrogen) atoms. The van der Waals surface area contributed by atoms with E-state index >= 15 is 0 Å². The van der Waals surface area contributed by atoms with E-state index < -0.39 is 0 Å². The number of likely N-dealkylation sites (tertiary alicyclic amines) is 1. The Bertz CT molecular complexity index is 902. The van der Waals surface area contributed by atoms with Crippen molar-refractivity contribution >= 4 is 16.7 Å². The van der Waals surface area contributed by atoms with Crippen LogP contribution in [0, 0.1) is 17.8 Å². The predicted molar refractivity (Wildman–Crippen MR) is 107 cm³/mol. The molecule has 1 aliphatic carbocycles. The Morgan fingerprint density at radius 2 is 1.81 bits per heavy atom. The van der Waals surface area contributed by atoms with Gasteiger partial charge in [0.15, 0.2) is 5.69 Å². The van der Waals surface area contributed by atoms with Crippen molar-refractivity contribution in [1.82, 2.24) is 14.7 Å². The fourth-order valence-electron chi connectivity index (χ4n) is 4.80. The number of piperidine rings is 1. The quantitative estimate of drug-likeness (QED) is 0.831. The summed E-state index contributed by atoms with van der Waals surface area (Å²) in [5.41, 5.74) is 0.321. The Labute approximate surface area is 160 Å². The van der Waals surface area contributed by atoms with Gasteiger partial charge >= 0.3 is 0 Å². The van der Waals surface area contributed by atoms with Gasteiger partial charge in [0, 0.05) is 25.0 Å². The molecule has 0 N–H and O–H groups in total. The van der Waals surface area contributed by atoms with Crippen LogP contribution in [0.4, 0.5) is 0 Å². The van der Waals surface area contributed by atoms with Crippen LogP contribution in [0.15, 0.2) is 29.1 Å². The SMILES string of the molecule is CC(C)Cn1nc(C(=O)N2CC[C@H]3CCCC[C@H]3C2)c2ccccc2c1=O.